The molecule has 1 aromatic carbocycles. The van der Waals surface area contributed by atoms with Crippen LogP contribution in [0.15, 0.2) is 42.9 Å². The van der Waals surface area contributed by atoms with Crippen LogP contribution in [0.4, 0.5) is 17.2 Å². The van der Waals surface area contributed by atoms with Crippen LogP contribution in [0.2, 0.25) is 5.28 Å². The highest BCUT2D eigenvalue weighted by atomic mass is 35.5. The van der Waals surface area contributed by atoms with Crippen molar-refractivity contribution < 1.29 is 10.7 Å². The summed E-state index contributed by atoms with van der Waals surface area (Å²) < 4.78 is 1.94. The van der Waals surface area contributed by atoms with Crippen LogP contribution in [0.1, 0.15) is 0 Å². The van der Waals surface area contributed by atoms with Crippen LogP contribution in [-0.2, 0) is 7.05 Å². The van der Waals surface area contributed by atoms with E-state index in [2.05, 4.69) is 20.3 Å². The SMILES string of the molecule is Cn1ccnc1-c1cccc(Nc2nc(Cl)ncc2[NH2+]O)c1. The fourth-order valence-electron chi connectivity index (χ4n) is 2.08. The van der Waals surface area contributed by atoms with Gasteiger partial charge < -0.3 is 9.88 Å². The van der Waals surface area contributed by atoms with Gasteiger partial charge in [0.05, 0.1) is 6.20 Å². The molecular formula is C14H14ClN6O+. The van der Waals surface area contributed by atoms with E-state index in [0.29, 0.717) is 11.5 Å². The Bertz CT molecular complexity index is 804. The minimum atomic E-state index is 0.105. The van der Waals surface area contributed by atoms with Crippen molar-refractivity contribution in [2.75, 3.05) is 5.32 Å². The van der Waals surface area contributed by atoms with Gasteiger partial charge in [-0.1, -0.05) is 12.1 Å². The molecule has 3 aromatic rings. The lowest BCUT2D eigenvalue weighted by atomic mass is 10.2. The molecule has 0 saturated carbocycles. The molecule has 2 heterocycles. The molecule has 0 amide bonds. The molecule has 8 heteroatoms. The number of benzene rings is 1. The van der Waals surface area contributed by atoms with Gasteiger partial charge in [-0.2, -0.15) is 10.5 Å². The summed E-state index contributed by atoms with van der Waals surface area (Å²) in [5.41, 5.74) is 3.15. The maximum absolute atomic E-state index is 9.23. The van der Waals surface area contributed by atoms with Crippen molar-refractivity contribution in [3.05, 3.63) is 48.1 Å². The van der Waals surface area contributed by atoms with Crippen LogP contribution in [0.3, 0.4) is 0 Å². The van der Waals surface area contributed by atoms with Gasteiger partial charge >= 0.3 is 0 Å². The second kappa shape index (κ2) is 6.10. The molecule has 0 bridgehead atoms. The average molecular weight is 318 g/mol. The number of imidazole rings is 1. The standard InChI is InChI=1S/C14H13ClN6O/c1-21-6-5-16-13(21)9-3-2-4-10(7-9)18-12-11(20-22)8-17-14(15)19-12/h2-8,20,22H,1H3,(H,17,18,19)/p+1. The highest BCUT2D eigenvalue weighted by Crippen LogP contribution is 2.25. The molecule has 7 nitrogen and oxygen atoms in total. The molecule has 3 rings (SSSR count). The minimum Gasteiger partial charge on any atom is -0.335 e. The quantitative estimate of drug-likeness (QED) is 0.504. The normalized spacial score (nSPS) is 10.7. The maximum Gasteiger partial charge on any atom is 0.224 e. The first-order valence-corrected chi connectivity index (χ1v) is 6.90. The van der Waals surface area contributed by atoms with E-state index in [-0.39, 0.29) is 5.28 Å². The van der Waals surface area contributed by atoms with E-state index in [0.717, 1.165) is 22.6 Å². The Morgan fingerprint density at radius 2 is 2.18 bits per heavy atom. The zero-order chi connectivity index (χ0) is 15.5. The first kappa shape index (κ1) is 14.5. The summed E-state index contributed by atoms with van der Waals surface area (Å²) in [7, 11) is 1.94. The summed E-state index contributed by atoms with van der Waals surface area (Å²) in [5.74, 6) is 1.29. The van der Waals surface area contributed by atoms with Crippen molar-refractivity contribution in [3.63, 3.8) is 0 Å². The Morgan fingerprint density at radius 3 is 2.91 bits per heavy atom. The number of hydrogen-bond donors (Lipinski definition) is 3. The fourth-order valence-corrected chi connectivity index (χ4v) is 2.21. The van der Waals surface area contributed by atoms with E-state index < -0.39 is 0 Å². The van der Waals surface area contributed by atoms with E-state index in [1.165, 1.54) is 6.20 Å². The van der Waals surface area contributed by atoms with Gasteiger partial charge in [-0.3, -0.25) is 0 Å². The summed E-state index contributed by atoms with van der Waals surface area (Å²) in [4.78, 5) is 12.2. The number of quaternary nitrogens is 1. The van der Waals surface area contributed by atoms with Gasteiger partial charge in [-0.25, -0.2) is 15.2 Å². The Kier molecular flexibility index (Phi) is 4.01. The molecule has 112 valence electrons. The summed E-state index contributed by atoms with van der Waals surface area (Å²) in [6, 6.07) is 7.72. The van der Waals surface area contributed by atoms with Crippen molar-refractivity contribution in [3.8, 4) is 11.4 Å². The number of nitrogens with zero attached hydrogens (tertiary/aromatic N) is 4. The third-order valence-corrected chi connectivity index (χ3v) is 3.31. The second-order valence-corrected chi connectivity index (χ2v) is 4.98. The second-order valence-electron chi connectivity index (χ2n) is 4.64. The Balaban J connectivity index is 1.94. The van der Waals surface area contributed by atoms with Crippen molar-refractivity contribution in [2.45, 2.75) is 0 Å². The van der Waals surface area contributed by atoms with Gasteiger partial charge in [0.25, 0.3) is 0 Å². The lowest BCUT2D eigenvalue weighted by molar-refractivity contribution is -0.825. The minimum absolute atomic E-state index is 0.105. The molecule has 22 heavy (non-hydrogen) atoms. The lowest BCUT2D eigenvalue weighted by Gasteiger charge is -2.09. The van der Waals surface area contributed by atoms with Crippen LogP contribution >= 0.6 is 11.6 Å². The van der Waals surface area contributed by atoms with E-state index in [1.54, 1.807) is 6.20 Å². The smallest absolute Gasteiger partial charge is 0.224 e. The average Bonchev–Trinajstić information content (AvgIpc) is 2.94. The number of aryl methyl sites for hydroxylation is 1. The summed E-state index contributed by atoms with van der Waals surface area (Å²) in [5, 5.41) is 12.5. The Morgan fingerprint density at radius 1 is 1.32 bits per heavy atom. The summed E-state index contributed by atoms with van der Waals surface area (Å²) in [6.07, 6.45) is 5.08. The van der Waals surface area contributed by atoms with Crippen molar-refractivity contribution in [2.24, 2.45) is 7.05 Å². The van der Waals surface area contributed by atoms with E-state index in [4.69, 9.17) is 11.6 Å². The van der Waals surface area contributed by atoms with Gasteiger partial charge in [0.15, 0.2) is 5.82 Å². The molecule has 0 fully saturated rings. The molecule has 4 N–H and O–H groups in total. The molecule has 2 aromatic heterocycles. The number of aromatic nitrogens is 4. The lowest BCUT2D eigenvalue weighted by Crippen LogP contribution is -2.74. The van der Waals surface area contributed by atoms with Crippen LogP contribution in [0.5, 0.6) is 0 Å². The van der Waals surface area contributed by atoms with E-state index >= 15 is 0 Å². The zero-order valence-electron chi connectivity index (χ0n) is 11.7. The van der Waals surface area contributed by atoms with Gasteiger partial charge in [0.1, 0.15) is 5.82 Å². The zero-order valence-corrected chi connectivity index (χ0v) is 12.5. The predicted molar refractivity (Wildman–Crippen MR) is 82.3 cm³/mol. The van der Waals surface area contributed by atoms with Gasteiger partial charge in [0, 0.05) is 30.7 Å². The van der Waals surface area contributed by atoms with Gasteiger partial charge in [0.2, 0.25) is 11.0 Å². The number of anilines is 2. The Hall–Kier alpha value is -2.48. The molecule has 0 aliphatic heterocycles. The number of nitrogens with two attached hydrogens (primary N) is 1. The van der Waals surface area contributed by atoms with Gasteiger partial charge in [-0.15, -0.1) is 0 Å². The Labute approximate surface area is 131 Å². The predicted octanol–water partition coefficient (Wildman–Crippen LogP) is 1.86. The number of rotatable bonds is 4. The number of hydrogen-bond acceptors (Lipinski definition) is 5. The monoisotopic (exact) mass is 317 g/mol. The summed E-state index contributed by atoms with van der Waals surface area (Å²) in [6.45, 7) is 0. The number of nitrogens with one attached hydrogen (secondary N) is 1. The van der Waals surface area contributed by atoms with Crippen molar-refractivity contribution in [1.29, 1.82) is 0 Å². The maximum atomic E-state index is 9.23. The molecule has 0 aliphatic rings. The van der Waals surface area contributed by atoms with Crippen LogP contribution < -0.4 is 10.8 Å². The third-order valence-electron chi connectivity index (χ3n) is 3.13. The molecule has 0 unspecified atom stereocenters. The highest BCUT2D eigenvalue weighted by molar-refractivity contribution is 6.28. The summed E-state index contributed by atoms with van der Waals surface area (Å²) >= 11 is 5.80. The molecule has 0 aliphatic carbocycles. The first-order valence-electron chi connectivity index (χ1n) is 6.52. The largest absolute Gasteiger partial charge is 0.335 e. The molecular weight excluding hydrogens is 304 g/mol. The molecule has 0 atom stereocenters. The topological polar surface area (TPSA) is 92.5 Å². The van der Waals surface area contributed by atoms with Gasteiger partial charge in [-0.05, 0) is 23.7 Å². The number of halogens is 1. The first-order chi connectivity index (χ1) is 10.7. The van der Waals surface area contributed by atoms with Crippen molar-refractivity contribution >= 4 is 28.8 Å². The van der Waals surface area contributed by atoms with Crippen LogP contribution in [0, 0.1) is 0 Å². The van der Waals surface area contributed by atoms with Crippen molar-refractivity contribution in [1.82, 2.24) is 19.5 Å². The highest BCUT2D eigenvalue weighted by Gasteiger charge is 2.11. The molecule has 0 radical (unpaired) electrons. The third kappa shape index (κ3) is 2.91. The van der Waals surface area contributed by atoms with Crippen LogP contribution in [0.25, 0.3) is 11.4 Å². The van der Waals surface area contributed by atoms with E-state index in [9.17, 15) is 5.21 Å². The van der Waals surface area contributed by atoms with Crippen LogP contribution in [-0.4, -0.2) is 24.7 Å². The molecule has 0 saturated heterocycles. The van der Waals surface area contributed by atoms with E-state index in [1.807, 2.05) is 42.1 Å². The molecule has 0 spiro atoms. The fraction of sp³-hybridized carbons (Fsp3) is 0.0714.